The highest BCUT2D eigenvalue weighted by Gasteiger charge is 2.35. The molecule has 2 amide bonds. The highest BCUT2D eigenvalue weighted by molar-refractivity contribution is 5.92. The van der Waals surface area contributed by atoms with E-state index in [-0.39, 0.29) is 29.3 Å². The van der Waals surface area contributed by atoms with Crippen LogP contribution < -0.4 is 10.6 Å². The Balaban J connectivity index is 1.28. The van der Waals surface area contributed by atoms with Crippen LogP contribution in [0.25, 0.3) is 0 Å². The maximum Gasteiger partial charge on any atom is 0.273 e. The molecule has 1 aliphatic carbocycles. The average molecular weight is 389 g/mol. The van der Waals surface area contributed by atoms with Gasteiger partial charge in [0.1, 0.15) is 5.76 Å². The Morgan fingerprint density at radius 1 is 1.32 bits per heavy atom. The molecule has 4 rings (SSSR count). The Bertz CT molecular complexity index is 721. The van der Waals surface area contributed by atoms with E-state index in [1.807, 2.05) is 4.90 Å². The van der Waals surface area contributed by atoms with Crippen LogP contribution in [-0.2, 0) is 4.79 Å². The number of nitrogens with one attached hydrogen (secondary N) is 2. The number of carbonyl (C=O) groups is 2. The van der Waals surface area contributed by atoms with Gasteiger partial charge in [-0.1, -0.05) is 12.1 Å². The Kier molecular flexibility index (Phi) is 5.45. The topological polar surface area (TPSA) is 87.5 Å². The first-order valence-electron chi connectivity index (χ1n) is 10.7. The summed E-state index contributed by atoms with van der Waals surface area (Å²) in [5.74, 6) is 1.36. The molecule has 0 bridgehead atoms. The maximum absolute atomic E-state index is 12.9. The summed E-state index contributed by atoms with van der Waals surface area (Å²) in [7, 11) is 0. The third-order valence-corrected chi connectivity index (χ3v) is 6.66. The molecule has 2 atom stereocenters. The minimum Gasteiger partial charge on any atom is -0.360 e. The summed E-state index contributed by atoms with van der Waals surface area (Å²) in [5.41, 5.74) is 0.478. The standard InChI is InChI=1S/C21H32N4O3/c1-14-11-16(23-20(27)17-12-18(28-24-17)15-3-4-15)5-10-25(14)19(26)13-21(2)6-8-22-9-7-21/h12,14-16,22H,3-11,13H2,1-2H3,(H,23,27)/t14-,16?/m1/s1. The smallest absolute Gasteiger partial charge is 0.273 e. The van der Waals surface area contributed by atoms with Crippen LogP contribution in [0.3, 0.4) is 0 Å². The van der Waals surface area contributed by atoms with Crippen molar-refractivity contribution in [2.45, 2.75) is 76.8 Å². The first-order valence-corrected chi connectivity index (χ1v) is 10.7. The van der Waals surface area contributed by atoms with Crippen molar-refractivity contribution in [3.63, 3.8) is 0 Å². The molecule has 1 unspecified atom stereocenters. The van der Waals surface area contributed by atoms with Crippen molar-refractivity contribution in [1.82, 2.24) is 20.7 Å². The van der Waals surface area contributed by atoms with E-state index >= 15 is 0 Å². The lowest BCUT2D eigenvalue weighted by molar-refractivity contribution is -0.137. The molecule has 2 N–H and O–H groups in total. The molecule has 2 aliphatic heterocycles. The van der Waals surface area contributed by atoms with Crippen molar-refractivity contribution >= 4 is 11.8 Å². The summed E-state index contributed by atoms with van der Waals surface area (Å²) in [6, 6.07) is 1.98. The quantitative estimate of drug-likeness (QED) is 0.809. The Labute approximate surface area is 166 Å². The lowest BCUT2D eigenvalue weighted by Gasteiger charge is -2.41. The van der Waals surface area contributed by atoms with Crippen LogP contribution in [0.15, 0.2) is 10.6 Å². The number of rotatable bonds is 5. The normalized spacial score (nSPS) is 27.4. The molecule has 3 aliphatic rings. The fraction of sp³-hybridized carbons (Fsp3) is 0.762. The van der Waals surface area contributed by atoms with Crippen molar-refractivity contribution in [1.29, 1.82) is 0 Å². The van der Waals surface area contributed by atoms with Gasteiger partial charge in [-0.3, -0.25) is 9.59 Å². The van der Waals surface area contributed by atoms with Crippen molar-refractivity contribution < 1.29 is 14.1 Å². The first kappa shape index (κ1) is 19.4. The molecule has 3 heterocycles. The van der Waals surface area contributed by atoms with Crippen LogP contribution >= 0.6 is 0 Å². The second-order valence-corrected chi connectivity index (χ2v) is 9.26. The lowest BCUT2D eigenvalue weighted by Crippen LogP contribution is -2.52. The van der Waals surface area contributed by atoms with E-state index in [2.05, 4.69) is 29.6 Å². The van der Waals surface area contributed by atoms with Gasteiger partial charge in [-0.15, -0.1) is 0 Å². The minimum absolute atomic E-state index is 0.0714. The zero-order chi connectivity index (χ0) is 19.7. The molecular weight excluding hydrogens is 356 g/mol. The summed E-state index contributed by atoms with van der Waals surface area (Å²) in [5, 5.41) is 10.4. The average Bonchev–Trinajstić information content (AvgIpc) is 3.38. The maximum atomic E-state index is 12.9. The van der Waals surface area contributed by atoms with E-state index in [1.165, 1.54) is 0 Å². The predicted octanol–water partition coefficient (Wildman–Crippen LogP) is 2.44. The molecule has 154 valence electrons. The van der Waals surface area contributed by atoms with E-state index in [4.69, 9.17) is 4.52 Å². The van der Waals surface area contributed by atoms with Crippen LogP contribution in [0, 0.1) is 5.41 Å². The van der Waals surface area contributed by atoms with Crippen LogP contribution in [0.1, 0.15) is 81.0 Å². The van der Waals surface area contributed by atoms with Gasteiger partial charge in [0.15, 0.2) is 5.69 Å². The highest BCUT2D eigenvalue weighted by Crippen LogP contribution is 2.40. The molecule has 0 spiro atoms. The SMILES string of the molecule is C[C@@H]1CC(NC(=O)c2cc(C3CC3)on2)CCN1C(=O)CC1(C)CCNCC1. The van der Waals surface area contributed by atoms with Gasteiger partial charge in [0.2, 0.25) is 5.91 Å². The number of hydrogen-bond acceptors (Lipinski definition) is 5. The fourth-order valence-corrected chi connectivity index (χ4v) is 4.56. The van der Waals surface area contributed by atoms with Crippen molar-refractivity contribution in [3.05, 3.63) is 17.5 Å². The van der Waals surface area contributed by atoms with Crippen molar-refractivity contribution in [2.24, 2.45) is 5.41 Å². The van der Waals surface area contributed by atoms with Gasteiger partial charge in [-0.2, -0.15) is 0 Å². The molecule has 2 saturated heterocycles. The van der Waals surface area contributed by atoms with Crippen LogP contribution in [0.2, 0.25) is 0 Å². The molecule has 1 aromatic rings. The first-order chi connectivity index (χ1) is 13.4. The number of amides is 2. The number of hydrogen-bond donors (Lipinski definition) is 2. The Hall–Kier alpha value is -1.89. The monoisotopic (exact) mass is 388 g/mol. The van der Waals surface area contributed by atoms with E-state index in [0.29, 0.717) is 24.6 Å². The van der Waals surface area contributed by atoms with Gasteiger partial charge in [-0.05, 0) is 64.0 Å². The fourth-order valence-electron chi connectivity index (χ4n) is 4.56. The minimum atomic E-state index is -0.171. The molecular formula is C21H32N4O3. The zero-order valence-corrected chi connectivity index (χ0v) is 17.0. The van der Waals surface area contributed by atoms with Crippen molar-refractivity contribution in [3.8, 4) is 0 Å². The second-order valence-electron chi connectivity index (χ2n) is 9.26. The van der Waals surface area contributed by atoms with E-state index in [9.17, 15) is 9.59 Å². The third kappa shape index (κ3) is 4.40. The van der Waals surface area contributed by atoms with Crippen LogP contribution in [-0.4, -0.2) is 53.6 Å². The number of nitrogens with zero attached hydrogens (tertiary/aromatic N) is 2. The van der Waals surface area contributed by atoms with Gasteiger partial charge in [0, 0.05) is 37.0 Å². The van der Waals surface area contributed by atoms with Gasteiger partial charge < -0.3 is 20.1 Å². The molecule has 1 aromatic heterocycles. The molecule has 1 saturated carbocycles. The summed E-state index contributed by atoms with van der Waals surface area (Å²) < 4.78 is 5.28. The van der Waals surface area contributed by atoms with E-state index in [0.717, 1.165) is 57.4 Å². The highest BCUT2D eigenvalue weighted by atomic mass is 16.5. The molecule has 0 aromatic carbocycles. The second kappa shape index (κ2) is 7.85. The van der Waals surface area contributed by atoms with Crippen LogP contribution in [0.5, 0.6) is 0 Å². The number of piperidine rings is 2. The van der Waals surface area contributed by atoms with Gasteiger partial charge in [0.25, 0.3) is 5.91 Å². The van der Waals surface area contributed by atoms with Crippen LogP contribution in [0.4, 0.5) is 0 Å². The van der Waals surface area contributed by atoms with Gasteiger partial charge in [-0.25, -0.2) is 0 Å². The summed E-state index contributed by atoms with van der Waals surface area (Å²) in [4.78, 5) is 27.4. The van der Waals surface area contributed by atoms with Gasteiger partial charge >= 0.3 is 0 Å². The molecule has 28 heavy (non-hydrogen) atoms. The van der Waals surface area contributed by atoms with Gasteiger partial charge in [0.05, 0.1) is 0 Å². The molecule has 7 heteroatoms. The molecule has 3 fully saturated rings. The molecule has 7 nitrogen and oxygen atoms in total. The Morgan fingerprint density at radius 3 is 2.75 bits per heavy atom. The van der Waals surface area contributed by atoms with E-state index in [1.54, 1.807) is 6.07 Å². The third-order valence-electron chi connectivity index (χ3n) is 6.66. The number of aromatic nitrogens is 1. The summed E-state index contributed by atoms with van der Waals surface area (Å²) in [6.45, 7) is 7.01. The number of carbonyl (C=O) groups excluding carboxylic acids is 2. The predicted molar refractivity (Wildman–Crippen MR) is 105 cm³/mol. The zero-order valence-electron chi connectivity index (χ0n) is 17.0. The lowest BCUT2D eigenvalue weighted by atomic mass is 9.77. The van der Waals surface area contributed by atoms with E-state index < -0.39 is 0 Å². The Morgan fingerprint density at radius 2 is 2.07 bits per heavy atom. The summed E-state index contributed by atoms with van der Waals surface area (Å²) in [6.07, 6.45) is 6.54. The van der Waals surface area contributed by atoms with Crippen molar-refractivity contribution in [2.75, 3.05) is 19.6 Å². The largest absolute Gasteiger partial charge is 0.360 e. The summed E-state index contributed by atoms with van der Waals surface area (Å²) >= 11 is 0. The molecule has 0 radical (unpaired) electrons. The number of likely N-dealkylation sites (tertiary alicyclic amines) is 1.